The fourth-order valence-corrected chi connectivity index (χ4v) is 8.27. The third kappa shape index (κ3) is 39.9. The Morgan fingerprint density at radius 3 is 1.63 bits per heavy atom. The van der Waals surface area contributed by atoms with Gasteiger partial charge in [-0.25, -0.2) is 14.4 Å². The number of unbranched alkanes of at least 4 members (excludes halogenated alkanes) is 7. The number of ether oxygens (including phenoxy) is 5. The summed E-state index contributed by atoms with van der Waals surface area (Å²) in [5.41, 5.74) is 0.204. The normalized spacial score (nSPS) is 12.4. The van der Waals surface area contributed by atoms with E-state index in [9.17, 15) is 68.1 Å². The van der Waals surface area contributed by atoms with Crippen molar-refractivity contribution in [2.75, 3.05) is 72.6 Å². The van der Waals surface area contributed by atoms with Gasteiger partial charge in [0, 0.05) is 72.0 Å². The molecule has 0 aliphatic heterocycles. The molecule has 1 unspecified atom stereocenters. The molecule has 10 N–H and O–H groups in total. The molecule has 25 heteroatoms. The highest BCUT2D eigenvalue weighted by Crippen LogP contribution is 2.18. The summed E-state index contributed by atoms with van der Waals surface area (Å²) >= 11 is 0. The number of carboxylic acid groups (broad SMARTS) is 4. The highest BCUT2D eigenvalue weighted by Gasteiger charge is 2.26. The summed E-state index contributed by atoms with van der Waals surface area (Å²) < 4.78 is 27.0. The Morgan fingerprint density at radius 2 is 1.02 bits per heavy atom. The molecule has 1 aromatic rings. The number of aromatic carboxylic acids is 1. The number of aliphatic carboxylic acids is 3. The van der Waals surface area contributed by atoms with Crippen LogP contribution in [0.25, 0.3) is 0 Å². The second kappa shape index (κ2) is 48.2. The van der Waals surface area contributed by atoms with Gasteiger partial charge in [0.2, 0.25) is 23.6 Å². The molecule has 0 radical (unpaired) electrons. The molecular weight excluding hydrogens is 1080 g/mol. The topological polar surface area (TPSA) is 394 Å². The van der Waals surface area contributed by atoms with Gasteiger partial charge in [0.25, 0.3) is 0 Å². The minimum Gasteiger partial charge on any atom is -0.494 e. The van der Waals surface area contributed by atoms with E-state index in [0.717, 1.165) is 64.2 Å². The van der Waals surface area contributed by atoms with Crippen LogP contribution in [-0.2, 0) is 66.9 Å². The quantitative estimate of drug-likeness (QED) is 0.0411. The van der Waals surface area contributed by atoms with Gasteiger partial charge >= 0.3 is 23.9 Å². The van der Waals surface area contributed by atoms with Crippen molar-refractivity contribution in [3.8, 4) is 5.75 Å². The molecule has 82 heavy (non-hydrogen) atoms. The maximum Gasteiger partial charge on any atom is 0.335 e. The summed E-state index contributed by atoms with van der Waals surface area (Å²) in [6.07, 6.45) is 9.98. The Labute approximate surface area is 482 Å². The number of hydrogen-bond acceptors (Lipinski definition) is 16. The predicted octanol–water partition coefficient (Wildman–Crippen LogP) is 4.66. The van der Waals surface area contributed by atoms with Gasteiger partial charge in [0.1, 0.15) is 42.6 Å². The fraction of sp³-hybridized carbons (Fsp3) is 0.702. The Bertz CT molecular complexity index is 2060. The van der Waals surface area contributed by atoms with Gasteiger partial charge in [-0.3, -0.25) is 38.4 Å². The second-order valence-electron chi connectivity index (χ2n) is 19.7. The molecule has 4 amide bonds. The first kappa shape index (κ1) is 75.6. The third-order valence-electron chi connectivity index (χ3n) is 12.9. The number of carboxylic acids is 4. The number of ketones is 3. The van der Waals surface area contributed by atoms with Gasteiger partial charge in [-0.05, 0) is 82.1 Å². The number of Topliss-reactive ketones (excluding diaryl/α,β-unsaturated/α-hetero) is 3. The van der Waals surface area contributed by atoms with E-state index in [1.165, 1.54) is 12.1 Å². The molecule has 468 valence electrons. The number of carbonyl (C=O) groups excluding carboxylic acids is 7. The van der Waals surface area contributed by atoms with E-state index in [1.54, 1.807) is 12.1 Å². The molecule has 0 bridgehead atoms. The monoisotopic (exact) mass is 1170 g/mol. The van der Waals surface area contributed by atoms with Crippen molar-refractivity contribution in [2.45, 2.75) is 174 Å². The van der Waals surface area contributed by atoms with Crippen molar-refractivity contribution >= 4 is 64.9 Å². The fourth-order valence-electron chi connectivity index (χ4n) is 8.27. The summed E-state index contributed by atoms with van der Waals surface area (Å²) in [6, 6.07) is 3.72. The lowest BCUT2D eigenvalue weighted by molar-refractivity contribution is -0.145. The molecule has 0 fully saturated rings. The molecular formula is C57H94N4O21. The first-order chi connectivity index (χ1) is 38.9. The number of nitrogens with one attached hydrogen (secondary N) is 4. The zero-order chi connectivity index (χ0) is 60.0. The van der Waals surface area contributed by atoms with Crippen molar-refractivity contribution in [1.82, 2.24) is 21.3 Å². The minimum atomic E-state index is -1.38. The van der Waals surface area contributed by atoms with Gasteiger partial charge in [-0.2, -0.15) is 0 Å². The zero-order valence-corrected chi connectivity index (χ0v) is 48.0. The number of benzene rings is 1. The highest BCUT2D eigenvalue weighted by molar-refractivity contribution is 5.88. The minimum absolute atomic E-state index is 0. The second-order valence-corrected chi connectivity index (χ2v) is 19.7. The lowest BCUT2D eigenvalue weighted by atomic mass is 9.91. The Morgan fingerprint density at radius 1 is 0.463 bits per heavy atom. The van der Waals surface area contributed by atoms with Crippen LogP contribution >= 0.6 is 0 Å². The number of hydrogen-bond donors (Lipinski definition) is 8. The van der Waals surface area contributed by atoms with Crippen LogP contribution in [0, 0.1) is 11.8 Å². The van der Waals surface area contributed by atoms with E-state index in [4.69, 9.17) is 28.8 Å². The zero-order valence-electron chi connectivity index (χ0n) is 48.0. The van der Waals surface area contributed by atoms with Crippen LogP contribution in [0.1, 0.15) is 173 Å². The van der Waals surface area contributed by atoms with Crippen LogP contribution in [0.3, 0.4) is 0 Å². The first-order valence-corrected chi connectivity index (χ1v) is 28.5. The van der Waals surface area contributed by atoms with Crippen LogP contribution in [0.15, 0.2) is 24.3 Å². The molecule has 0 saturated heterocycles. The van der Waals surface area contributed by atoms with Crippen LogP contribution in [0.2, 0.25) is 0 Å². The maximum absolute atomic E-state index is 12.5. The average molecular weight is 1170 g/mol. The molecule has 0 heterocycles. The van der Waals surface area contributed by atoms with Crippen LogP contribution in [-0.4, -0.2) is 175 Å². The Hall–Kier alpha value is -6.41. The first-order valence-electron chi connectivity index (χ1n) is 28.5. The standard InChI is InChI=1S/C57H90N4O20.H2O.H2/c1-3-15-41(49(64)4-2)16-11-12-29-58-50(65)28-26-48(57(75)76)61-52(67)27-21-43(55(71)72)38-45(63)39-79-36-35-78-33-30-59-53(68)40-80-37-34-77-31-14-17-44(62)22-25-47(56(73)74)60-51(66)18-10-8-6-5-7-9-13-32-81-46-23-19-42(20-24-46)54(69)70;;/h19-20,23-24,41,43,47-48H,3-18,21-22,25-40H2,1-2H3,(H,58,65)(H,59,68)(H,60,66)(H,61,67)(H,69,70)(H,71,72)(H,73,74)(H,75,76);1H2;1H/t41-,43?,47-,48-;;/m0../s1. The van der Waals surface area contributed by atoms with E-state index < -0.39 is 72.5 Å². The van der Waals surface area contributed by atoms with Crippen molar-refractivity contribution in [3.63, 3.8) is 0 Å². The van der Waals surface area contributed by atoms with E-state index in [-0.39, 0.29) is 146 Å². The van der Waals surface area contributed by atoms with E-state index in [1.807, 2.05) is 13.8 Å². The molecule has 0 aliphatic carbocycles. The summed E-state index contributed by atoms with van der Waals surface area (Å²) in [7, 11) is 0. The van der Waals surface area contributed by atoms with Gasteiger partial charge in [-0.1, -0.05) is 58.8 Å². The Balaban J connectivity index is 0. The van der Waals surface area contributed by atoms with Crippen molar-refractivity contribution < 1.29 is 104 Å². The summed E-state index contributed by atoms with van der Waals surface area (Å²) in [5, 5.41) is 47.9. The van der Waals surface area contributed by atoms with E-state index in [0.29, 0.717) is 44.6 Å². The summed E-state index contributed by atoms with van der Waals surface area (Å²) in [4.78, 5) is 132. The number of rotatable bonds is 54. The Kier molecular flexibility index (Phi) is 44.4. The van der Waals surface area contributed by atoms with Crippen molar-refractivity contribution in [3.05, 3.63) is 29.8 Å². The summed E-state index contributed by atoms with van der Waals surface area (Å²) in [6.45, 7) is 5.02. The highest BCUT2D eigenvalue weighted by atomic mass is 16.5. The predicted molar refractivity (Wildman–Crippen MR) is 300 cm³/mol. The molecule has 1 rings (SSSR count). The smallest absolute Gasteiger partial charge is 0.335 e. The van der Waals surface area contributed by atoms with Gasteiger partial charge in [0.15, 0.2) is 5.78 Å². The molecule has 0 aromatic heterocycles. The molecule has 1 aromatic carbocycles. The SMILES string of the molecule is CCC[C@@H](CCCCNC(=O)CC[C@H](NC(=O)CCC(CC(=O)COCCOCCNC(=O)COCCOCCCC(=O)CC[C@H](NC(=O)CCCCCCCCCOc1ccc(C(=O)O)cc1)C(=O)O)C(=O)O)C(=O)O)C(=O)CC.O.[HH]. The largest absolute Gasteiger partial charge is 0.494 e. The molecule has 0 aliphatic rings. The van der Waals surface area contributed by atoms with Crippen LogP contribution in [0.4, 0.5) is 0 Å². The lowest BCUT2D eigenvalue weighted by Crippen LogP contribution is -2.42. The van der Waals surface area contributed by atoms with Crippen LogP contribution in [0.5, 0.6) is 5.75 Å². The van der Waals surface area contributed by atoms with Gasteiger partial charge < -0.3 is 70.9 Å². The van der Waals surface area contributed by atoms with Crippen molar-refractivity contribution in [1.29, 1.82) is 0 Å². The average Bonchev–Trinajstić information content (AvgIpc) is 3.44. The van der Waals surface area contributed by atoms with E-state index in [2.05, 4.69) is 21.3 Å². The molecule has 4 atom stereocenters. The molecule has 0 spiro atoms. The number of amides is 4. The van der Waals surface area contributed by atoms with Crippen LogP contribution < -0.4 is 26.0 Å². The van der Waals surface area contributed by atoms with Gasteiger partial charge in [-0.15, -0.1) is 0 Å². The van der Waals surface area contributed by atoms with E-state index >= 15 is 0 Å². The maximum atomic E-state index is 12.5. The van der Waals surface area contributed by atoms with Gasteiger partial charge in [0.05, 0.1) is 51.1 Å². The molecule has 0 saturated carbocycles. The summed E-state index contributed by atoms with van der Waals surface area (Å²) in [5.74, 6) is -7.79. The third-order valence-corrected chi connectivity index (χ3v) is 12.9. The molecule has 25 nitrogen and oxygen atoms in total. The number of carbonyl (C=O) groups is 11. The van der Waals surface area contributed by atoms with Crippen molar-refractivity contribution in [2.24, 2.45) is 11.8 Å². The lowest BCUT2D eigenvalue weighted by Gasteiger charge is -2.16.